The summed E-state index contributed by atoms with van der Waals surface area (Å²) < 4.78 is 5.72. The van der Waals surface area contributed by atoms with Crippen molar-refractivity contribution >= 4 is 11.8 Å². The van der Waals surface area contributed by atoms with E-state index in [0.29, 0.717) is 6.42 Å². The summed E-state index contributed by atoms with van der Waals surface area (Å²) in [5.74, 6) is 0.855. The molecule has 0 aromatic heterocycles. The molecule has 5 heteroatoms. The maximum Gasteiger partial charge on any atom is 0.222 e. The number of piperidine rings is 1. The summed E-state index contributed by atoms with van der Waals surface area (Å²) in [6.45, 7) is 8.29. The zero-order chi connectivity index (χ0) is 18.4. The van der Waals surface area contributed by atoms with Crippen LogP contribution in [0, 0.1) is 0 Å². The zero-order valence-electron chi connectivity index (χ0n) is 15.7. The number of carbonyl (C=O) groups excluding carboxylic acids is 2. The lowest BCUT2D eigenvalue weighted by molar-refractivity contribution is -0.134. The molecule has 1 fully saturated rings. The van der Waals surface area contributed by atoms with Crippen molar-refractivity contribution in [3.05, 3.63) is 29.8 Å². The minimum atomic E-state index is -0.0995. The van der Waals surface area contributed by atoms with Crippen molar-refractivity contribution in [3.63, 3.8) is 0 Å². The summed E-state index contributed by atoms with van der Waals surface area (Å²) in [6.07, 6.45) is 3.48. The van der Waals surface area contributed by atoms with Crippen LogP contribution in [0.3, 0.4) is 0 Å². The fourth-order valence-electron chi connectivity index (χ4n) is 3.35. The van der Waals surface area contributed by atoms with Gasteiger partial charge in [0.05, 0.1) is 12.1 Å². The van der Waals surface area contributed by atoms with Crippen LogP contribution in [0.4, 0.5) is 0 Å². The number of carbonyl (C=O) groups is 2. The third-order valence-electron chi connectivity index (χ3n) is 4.56. The molecule has 1 N–H and O–H groups in total. The summed E-state index contributed by atoms with van der Waals surface area (Å²) in [5, 5.41) is 3.05. The van der Waals surface area contributed by atoms with Gasteiger partial charge in [-0.1, -0.05) is 12.1 Å². The largest absolute Gasteiger partial charge is 0.491 e. The molecule has 0 spiro atoms. The Hall–Kier alpha value is -2.04. The lowest BCUT2D eigenvalue weighted by atomic mass is 9.98. The monoisotopic (exact) mass is 346 g/mol. The number of amides is 2. The molecule has 1 aliphatic heterocycles. The molecule has 0 bridgehead atoms. The Morgan fingerprint density at radius 3 is 2.72 bits per heavy atom. The molecule has 1 aromatic carbocycles. The van der Waals surface area contributed by atoms with Gasteiger partial charge in [-0.05, 0) is 57.7 Å². The van der Waals surface area contributed by atoms with E-state index < -0.39 is 0 Å². The predicted octanol–water partition coefficient (Wildman–Crippen LogP) is 3.44. The van der Waals surface area contributed by atoms with Gasteiger partial charge in [-0.25, -0.2) is 0 Å². The van der Waals surface area contributed by atoms with Crippen LogP contribution in [0.15, 0.2) is 24.3 Å². The van der Waals surface area contributed by atoms with Crippen LogP contribution >= 0.6 is 0 Å². The number of nitrogens with one attached hydrogen (secondary N) is 1. The molecule has 0 unspecified atom stereocenters. The van der Waals surface area contributed by atoms with Crippen molar-refractivity contribution in [2.45, 2.75) is 71.6 Å². The summed E-state index contributed by atoms with van der Waals surface area (Å²) >= 11 is 0. The molecule has 25 heavy (non-hydrogen) atoms. The van der Waals surface area contributed by atoms with Crippen LogP contribution in [0.1, 0.15) is 65.0 Å². The minimum absolute atomic E-state index is 0.0131. The molecule has 2 amide bonds. The van der Waals surface area contributed by atoms with Gasteiger partial charge < -0.3 is 15.0 Å². The van der Waals surface area contributed by atoms with Gasteiger partial charge in [0.15, 0.2) is 0 Å². The maximum absolute atomic E-state index is 12.4. The third-order valence-corrected chi connectivity index (χ3v) is 4.56. The van der Waals surface area contributed by atoms with Crippen molar-refractivity contribution in [3.8, 4) is 5.75 Å². The Kier molecular flexibility index (Phi) is 6.85. The van der Waals surface area contributed by atoms with E-state index in [-0.39, 0.29) is 30.0 Å². The number of hydrogen-bond acceptors (Lipinski definition) is 3. The second-order valence-electron chi connectivity index (χ2n) is 7.09. The average molecular weight is 346 g/mol. The zero-order valence-corrected chi connectivity index (χ0v) is 15.7. The highest BCUT2D eigenvalue weighted by Crippen LogP contribution is 2.22. The first-order valence-corrected chi connectivity index (χ1v) is 9.20. The fourth-order valence-corrected chi connectivity index (χ4v) is 3.35. The summed E-state index contributed by atoms with van der Waals surface area (Å²) in [7, 11) is 0. The molecule has 138 valence electrons. The smallest absolute Gasteiger partial charge is 0.222 e. The van der Waals surface area contributed by atoms with Gasteiger partial charge >= 0.3 is 0 Å². The van der Waals surface area contributed by atoms with Gasteiger partial charge in [0.2, 0.25) is 11.8 Å². The summed E-state index contributed by atoms with van der Waals surface area (Å²) in [4.78, 5) is 26.0. The van der Waals surface area contributed by atoms with Crippen molar-refractivity contribution in [2.24, 2.45) is 0 Å². The van der Waals surface area contributed by atoms with Crippen molar-refractivity contribution < 1.29 is 14.3 Å². The highest BCUT2D eigenvalue weighted by atomic mass is 16.5. The van der Waals surface area contributed by atoms with Crippen LogP contribution in [0.2, 0.25) is 0 Å². The lowest BCUT2D eigenvalue weighted by Crippen LogP contribution is -2.45. The Bertz CT molecular complexity index is 600. The SMILES string of the molecule is CC(=O)N1CCCC[C@H]1CC(=O)N[C@@H](C)c1cccc(OC(C)C)c1. The van der Waals surface area contributed by atoms with Crippen LogP contribution in [0.25, 0.3) is 0 Å². The van der Waals surface area contributed by atoms with Gasteiger partial charge in [0.1, 0.15) is 5.75 Å². The number of hydrogen-bond donors (Lipinski definition) is 1. The molecular formula is C20H30N2O3. The topological polar surface area (TPSA) is 58.6 Å². The van der Waals surface area contributed by atoms with Crippen LogP contribution in [-0.2, 0) is 9.59 Å². The Morgan fingerprint density at radius 1 is 1.28 bits per heavy atom. The van der Waals surface area contributed by atoms with E-state index in [0.717, 1.165) is 37.1 Å². The average Bonchev–Trinajstić information content (AvgIpc) is 2.54. The third kappa shape index (κ3) is 5.76. The standard InChI is InChI=1S/C20H30N2O3/c1-14(2)25-19-10-7-8-17(12-19)15(3)21-20(24)13-18-9-5-6-11-22(18)16(4)23/h7-8,10,12,14-15,18H,5-6,9,11,13H2,1-4H3,(H,21,24)/t15-,18-/m0/s1. The molecule has 0 radical (unpaired) electrons. The van der Waals surface area contributed by atoms with Gasteiger partial charge in [-0.15, -0.1) is 0 Å². The Morgan fingerprint density at radius 2 is 2.04 bits per heavy atom. The van der Waals surface area contributed by atoms with Gasteiger partial charge in [-0.3, -0.25) is 9.59 Å². The molecule has 1 saturated heterocycles. The highest BCUT2D eigenvalue weighted by molar-refractivity contribution is 5.79. The normalized spacial score (nSPS) is 18.8. The van der Waals surface area contributed by atoms with Crippen LogP contribution in [0.5, 0.6) is 5.75 Å². The quantitative estimate of drug-likeness (QED) is 0.858. The van der Waals surface area contributed by atoms with Crippen molar-refractivity contribution in [1.82, 2.24) is 10.2 Å². The first-order valence-electron chi connectivity index (χ1n) is 9.20. The van der Waals surface area contributed by atoms with E-state index in [1.165, 1.54) is 0 Å². The molecule has 1 aromatic rings. The first-order chi connectivity index (χ1) is 11.9. The molecule has 2 rings (SSSR count). The summed E-state index contributed by atoms with van der Waals surface area (Å²) in [6, 6.07) is 7.74. The molecule has 2 atom stereocenters. The number of ether oxygens (including phenoxy) is 1. The van der Waals surface area contributed by atoms with E-state index in [9.17, 15) is 9.59 Å². The van der Waals surface area contributed by atoms with Crippen LogP contribution < -0.4 is 10.1 Å². The van der Waals surface area contributed by atoms with E-state index in [1.54, 1.807) is 6.92 Å². The Labute approximate surface area is 150 Å². The number of rotatable bonds is 6. The molecule has 0 saturated carbocycles. The fraction of sp³-hybridized carbons (Fsp3) is 0.600. The highest BCUT2D eigenvalue weighted by Gasteiger charge is 2.26. The van der Waals surface area contributed by atoms with Crippen LogP contribution in [-0.4, -0.2) is 35.4 Å². The predicted molar refractivity (Wildman–Crippen MR) is 98.4 cm³/mol. The molecule has 1 heterocycles. The number of likely N-dealkylation sites (tertiary alicyclic amines) is 1. The number of benzene rings is 1. The van der Waals surface area contributed by atoms with E-state index in [2.05, 4.69) is 5.32 Å². The molecule has 1 aliphatic rings. The Balaban J connectivity index is 1.94. The van der Waals surface area contributed by atoms with Crippen molar-refractivity contribution in [1.29, 1.82) is 0 Å². The second-order valence-corrected chi connectivity index (χ2v) is 7.09. The first kappa shape index (κ1) is 19.3. The number of nitrogens with zero attached hydrogens (tertiary/aromatic N) is 1. The maximum atomic E-state index is 12.4. The summed E-state index contributed by atoms with van der Waals surface area (Å²) in [5.41, 5.74) is 1.01. The second kappa shape index (κ2) is 8.88. The van der Waals surface area contributed by atoms with Gasteiger partial charge in [0.25, 0.3) is 0 Å². The van der Waals surface area contributed by atoms with Crippen molar-refractivity contribution in [2.75, 3.05) is 6.54 Å². The lowest BCUT2D eigenvalue weighted by Gasteiger charge is -2.35. The molecule has 5 nitrogen and oxygen atoms in total. The molecule has 0 aliphatic carbocycles. The van der Waals surface area contributed by atoms with E-state index >= 15 is 0 Å². The van der Waals surface area contributed by atoms with Gasteiger partial charge in [0, 0.05) is 25.9 Å². The van der Waals surface area contributed by atoms with E-state index in [4.69, 9.17) is 4.74 Å². The van der Waals surface area contributed by atoms with Gasteiger partial charge in [-0.2, -0.15) is 0 Å². The molecular weight excluding hydrogens is 316 g/mol. The minimum Gasteiger partial charge on any atom is -0.491 e. The van der Waals surface area contributed by atoms with E-state index in [1.807, 2.05) is 49.9 Å².